The van der Waals surface area contributed by atoms with Gasteiger partial charge in [0.05, 0.1) is 21.6 Å². The number of carbonyl (C=O) groups is 1. The third-order valence-corrected chi connectivity index (χ3v) is 6.53. The highest BCUT2D eigenvalue weighted by molar-refractivity contribution is 7.89. The molecule has 1 aromatic rings. The first kappa shape index (κ1) is 24.9. The molecule has 1 aliphatic carbocycles. The van der Waals surface area contributed by atoms with E-state index in [1.165, 1.54) is 19.3 Å². The summed E-state index contributed by atoms with van der Waals surface area (Å²) in [7, 11) is -4.21. The van der Waals surface area contributed by atoms with Gasteiger partial charge >= 0.3 is 6.18 Å². The zero-order valence-corrected chi connectivity index (χ0v) is 18.0. The van der Waals surface area contributed by atoms with Gasteiger partial charge in [0.25, 0.3) is 0 Å². The van der Waals surface area contributed by atoms with Crippen molar-refractivity contribution in [2.75, 3.05) is 19.7 Å². The van der Waals surface area contributed by atoms with Crippen LogP contribution in [0.25, 0.3) is 0 Å². The maximum Gasteiger partial charge on any atom is 0.417 e. The monoisotopic (exact) mass is 470 g/mol. The van der Waals surface area contributed by atoms with E-state index in [-0.39, 0.29) is 18.9 Å². The summed E-state index contributed by atoms with van der Waals surface area (Å²) in [6.45, 7) is 0.719. The van der Waals surface area contributed by atoms with E-state index in [0.29, 0.717) is 31.7 Å². The SMILES string of the molecule is O=C(CCNS(=O)(=O)c1ccc(Cl)c(C(F)(F)F)c1)NCCCOC1CCCCC1. The molecule has 0 aliphatic heterocycles. The highest BCUT2D eigenvalue weighted by Gasteiger charge is 2.34. The van der Waals surface area contributed by atoms with Crippen LogP contribution in [0.15, 0.2) is 23.1 Å². The van der Waals surface area contributed by atoms with Crippen molar-refractivity contribution in [1.29, 1.82) is 0 Å². The third-order valence-electron chi connectivity index (χ3n) is 4.75. The van der Waals surface area contributed by atoms with Crippen molar-refractivity contribution in [3.63, 3.8) is 0 Å². The fraction of sp³-hybridized carbons (Fsp3) is 0.632. The number of benzene rings is 1. The van der Waals surface area contributed by atoms with Gasteiger partial charge in [0.1, 0.15) is 0 Å². The van der Waals surface area contributed by atoms with Crippen molar-refractivity contribution >= 4 is 27.5 Å². The fourth-order valence-electron chi connectivity index (χ4n) is 3.14. The van der Waals surface area contributed by atoms with Crippen molar-refractivity contribution in [3.05, 3.63) is 28.8 Å². The molecule has 170 valence electrons. The Balaban J connectivity index is 1.70. The number of halogens is 4. The summed E-state index contributed by atoms with van der Waals surface area (Å²) < 4.78 is 70.9. The normalized spacial score (nSPS) is 15.9. The lowest BCUT2D eigenvalue weighted by atomic mass is 9.98. The Bertz CT molecular complexity index is 812. The van der Waals surface area contributed by atoms with E-state index in [1.807, 2.05) is 0 Å². The summed E-state index contributed by atoms with van der Waals surface area (Å²) in [4.78, 5) is 11.2. The molecular formula is C19H26ClF3N2O4S. The summed E-state index contributed by atoms with van der Waals surface area (Å²) in [6, 6.07) is 2.32. The number of carbonyl (C=O) groups excluding carboxylic acids is 1. The largest absolute Gasteiger partial charge is 0.417 e. The summed E-state index contributed by atoms with van der Waals surface area (Å²) in [6.07, 6.45) is 1.81. The maximum absolute atomic E-state index is 12.9. The lowest BCUT2D eigenvalue weighted by Crippen LogP contribution is -2.31. The van der Waals surface area contributed by atoms with Crippen LogP contribution in [0.4, 0.5) is 13.2 Å². The lowest BCUT2D eigenvalue weighted by molar-refractivity contribution is -0.137. The minimum absolute atomic E-state index is 0.136. The fourth-order valence-corrected chi connectivity index (χ4v) is 4.42. The van der Waals surface area contributed by atoms with Crippen molar-refractivity contribution in [2.24, 2.45) is 0 Å². The average molecular weight is 471 g/mol. The molecule has 1 amide bonds. The summed E-state index contributed by atoms with van der Waals surface area (Å²) >= 11 is 5.49. The Morgan fingerprint density at radius 2 is 1.87 bits per heavy atom. The first-order valence-corrected chi connectivity index (χ1v) is 11.7. The second kappa shape index (κ2) is 11.3. The smallest absolute Gasteiger partial charge is 0.378 e. The van der Waals surface area contributed by atoms with E-state index in [1.54, 1.807) is 0 Å². The van der Waals surface area contributed by atoms with Gasteiger partial charge in [-0.1, -0.05) is 30.9 Å². The van der Waals surface area contributed by atoms with E-state index >= 15 is 0 Å². The third kappa shape index (κ3) is 8.05. The first-order valence-electron chi connectivity index (χ1n) is 9.84. The van der Waals surface area contributed by atoms with Crippen LogP contribution < -0.4 is 10.0 Å². The van der Waals surface area contributed by atoms with Crippen LogP contribution in [-0.2, 0) is 25.7 Å². The molecule has 0 saturated heterocycles. The Hall–Kier alpha value is -1.36. The molecule has 1 aliphatic rings. The molecule has 0 bridgehead atoms. The van der Waals surface area contributed by atoms with E-state index < -0.39 is 31.7 Å². The first-order chi connectivity index (χ1) is 14.1. The molecule has 0 aromatic heterocycles. The zero-order valence-electron chi connectivity index (χ0n) is 16.4. The average Bonchev–Trinajstić information content (AvgIpc) is 2.67. The minimum Gasteiger partial charge on any atom is -0.378 e. The predicted molar refractivity (Wildman–Crippen MR) is 107 cm³/mol. The van der Waals surface area contributed by atoms with Crippen LogP contribution in [-0.4, -0.2) is 40.1 Å². The molecule has 6 nitrogen and oxygen atoms in total. The van der Waals surface area contributed by atoms with Crippen molar-refractivity contribution in [1.82, 2.24) is 10.0 Å². The molecular weight excluding hydrogens is 445 g/mol. The summed E-state index contributed by atoms with van der Waals surface area (Å²) in [5.74, 6) is -0.359. The quantitative estimate of drug-likeness (QED) is 0.508. The molecule has 1 saturated carbocycles. The number of nitrogens with one attached hydrogen (secondary N) is 2. The standard InChI is InChI=1S/C19H26ClF3N2O4S/c20-17-8-7-15(13-16(17)19(21,22)23)30(27,28)25-11-9-18(26)24-10-4-12-29-14-5-2-1-3-6-14/h7-8,13-14,25H,1-6,9-12H2,(H,24,26). The second-order valence-corrected chi connectivity index (χ2v) is 9.30. The van der Waals surface area contributed by atoms with E-state index in [0.717, 1.165) is 25.0 Å². The number of alkyl halides is 3. The lowest BCUT2D eigenvalue weighted by Gasteiger charge is -2.21. The molecule has 30 heavy (non-hydrogen) atoms. The number of ether oxygens (including phenoxy) is 1. The number of rotatable bonds is 10. The van der Waals surface area contributed by atoms with Crippen LogP contribution in [0.3, 0.4) is 0 Å². The van der Waals surface area contributed by atoms with Gasteiger partial charge in [-0.05, 0) is 37.5 Å². The highest BCUT2D eigenvalue weighted by Crippen LogP contribution is 2.35. The van der Waals surface area contributed by atoms with Gasteiger partial charge in [0, 0.05) is 26.1 Å². The number of amides is 1. The van der Waals surface area contributed by atoms with Gasteiger partial charge in [-0.25, -0.2) is 13.1 Å². The molecule has 11 heteroatoms. The van der Waals surface area contributed by atoms with Gasteiger partial charge in [-0.2, -0.15) is 13.2 Å². The van der Waals surface area contributed by atoms with E-state index in [9.17, 15) is 26.4 Å². The summed E-state index contributed by atoms with van der Waals surface area (Å²) in [5.41, 5.74) is -1.24. The topological polar surface area (TPSA) is 84.5 Å². The Labute approximate surface area is 179 Å². The van der Waals surface area contributed by atoms with E-state index in [2.05, 4.69) is 10.0 Å². The molecule has 2 N–H and O–H groups in total. The Morgan fingerprint density at radius 1 is 1.17 bits per heavy atom. The predicted octanol–water partition coefficient (Wildman–Crippen LogP) is 3.88. The van der Waals surface area contributed by atoms with E-state index in [4.69, 9.17) is 16.3 Å². The number of hydrogen-bond acceptors (Lipinski definition) is 4. The minimum atomic E-state index is -4.77. The molecule has 0 atom stereocenters. The van der Waals surface area contributed by atoms with Crippen molar-refractivity contribution < 1.29 is 31.1 Å². The van der Waals surface area contributed by atoms with Gasteiger partial charge in [-0.3, -0.25) is 4.79 Å². The van der Waals surface area contributed by atoms with Crippen LogP contribution >= 0.6 is 11.6 Å². The van der Waals surface area contributed by atoms with Crippen LogP contribution in [0, 0.1) is 0 Å². The van der Waals surface area contributed by atoms with Crippen molar-refractivity contribution in [2.45, 2.75) is 62.1 Å². The molecule has 0 unspecified atom stereocenters. The molecule has 0 heterocycles. The second-order valence-electron chi connectivity index (χ2n) is 7.12. The van der Waals surface area contributed by atoms with Gasteiger partial charge < -0.3 is 10.1 Å². The van der Waals surface area contributed by atoms with Gasteiger partial charge in [0.2, 0.25) is 15.9 Å². The van der Waals surface area contributed by atoms with Gasteiger partial charge in [-0.15, -0.1) is 0 Å². The van der Waals surface area contributed by atoms with Gasteiger partial charge in [0.15, 0.2) is 0 Å². The Kier molecular flexibility index (Phi) is 9.39. The number of hydrogen-bond donors (Lipinski definition) is 2. The molecule has 1 aromatic carbocycles. The summed E-state index contributed by atoms with van der Waals surface area (Å²) in [5, 5.41) is 2.07. The van der Waals surface area contributed by atoms with Crippen LogP contribution in [0.1, 0.15) is 50.5 Å². The molecule has 1 fully saturated rings. The van der Waals surface area contributed by atoms with Crippen LogP contribution in [0.5, 0.6) is 0 Å². The number of sulfonamides is 1. The highest BCUT2D eigenvalue weighted by atomic mass is 35.5. The molecule has 2 rings (SSSR count). The van der Waals surface area contributed by atoms with Crippen molar-refractivity contribution in [3.8, 4) is 0 Å². The maximum atomic E-state index is 12.9. The molecule has 0 radical (unpaired) electrons. The van der Waals surface area contributed by atoms with Crippen LogP contribution in [0.2, 0.25) is 5.02 Å². The Morgan fingerprint density at radius 3 is 2.53 bits per heavy atom. The molecule has 0 spiro atoms. The zero-order chi connectivity index (χ0) is 22.2.